The fourth-order valence-corrected chi connectivity index (χ4v) is 1.32. The first kappa shape index (κ1) is 21.9. The molecule has 0 aromatic heterocycles. The van der Waals surface area contributed by atoms with Crippen LogP contribution in [0.5, 0.6) is 0 Å². The highest BCUT2D eigenvalue weighted by Gasteiger charge is 2.05. The van der Waals surface area contributed by atoms with Gasteiger partial charge in [-0.05, 0) is 26.3 Å². The van der Waals surface area contributed by atoms with Crippen LogP contribution in [-0.2, 0) is 9.59 Å². The Hall–Kier alpha value is -2.34. The van der Waals surface area contributed by atoms with Crippen LogP contribution in [0.15, 0.2) is 49.2 Å². The van der Waals surface area contributed by atoms with Crippen molar-refractivity contribution < 1.29 is 19.8 Å². The minimum atomic E-state index is -0.970. The third-order valence-electron chi connectivity index (χ3n) is 2.62. The van der Waals surface area contributed by atoms with E-state index in [0.717, 1.165) is 32.3 Å². The highest BCUT2D eigenvalue weighted by Crippen LogP contribution is 2.04. The molecule has 0 saturated carbocycles. The Kier molecular flexibility index (Phi) is 13.6. The SMILES string of the molecule is C=CCN(CC=C)CCCC(=C)C(=O)O.CC(=CN)C(=O)O. The Morgan fingerprint density at radius 1 is 1.14 bits per heavy atom. The summed E-state index contributed by atoms with van der Waals surface area (Å²) in [6, 6.07) is 0. The number of carbonyl (C=O) groups is 2. The maximum Gasteiger partial charge on any atom is 0.332 e. The zero-order chi connectivity index (χ0) is 17.5. The number of hydrogen-bond donors (Lipinski definition) is 3. The smallest absolute Gasteiger partial charge is 0.332 e. The van der Waals surface area contributed by atoms with E-state index in [4.69, 9.17) is 15.9 Å². The fourth-order valence-electron chi connectivity index (χ4n) is 1.32. The zero-order valence-electron chi connectivity index (χ0n) is 13.1. The summed E-state index contributed by atoms with van der Waals surface area (Å²) in [6.07, 6.45) is 6.04. The molecule has 0 saturated heterocycles. The van der Waals surface area contributed by atoms with Gasteiger partial charge in [-0.2, -0.15) is 0 Å². The quantitative estimate of drug-likeness (QED) is 0.421. The van der Waals surface area contributed by atoms with E-state index in [-0.39, 0.29) is 11.1 Å². The molecule has 0 radical (unpaired) electrons. The van der Waals surface area contributed by atoms with Gasteiger partial charge in [-0.1, -0.05) is 18.7 Å². The first-order chi connectivity index (χ1) is 10.3. The summed E-state index contributed by atoms with van der Waals surface area (Å²) < 4.78 is 0. The van der Waals surface area contributed by atoms with Crippen LogP contribution in [0.25, 0.3) is 0 Å². The highest BCUT2D eigenvalue weighted by atomic mass is 16.4. The van der Waals surface area contributed by atoms with E-state index >= 15 is 0 Å². The Balaban J connectivity index is 0. The second-order valence-electron chi connectivity index (χ2n) is 4.50. The van der Waals surface area contributed by atoms with Gasteiger partial charge in [-0.3, -0.25) is 4.90 Å². The van der Waals surface area contributed by atoms with E-state index in [9.17, 15) is 9.59 Å². The summed E-state index contributed by atoms with van der Waals surface area (Å²) in [6.45, 7) is 14.7. The van der Waals surface area contributed by atoms with Crippen LogP contribution in [0.4, 0.5) is 0 Å². The predicted molar refractivity (Wildman–Crippen MR) is 88.4 cm³/mol. The van der Waals surface area contributed by atoms with Gasteiger partial charge in [0.25, 0.3) is 0 Å². The van der Waals surface area contributed by atoms with E-state index in [1.54, 1.807) is 0 Å². The van der Waals surface area contributed by atoms with Crippen LogP contribution < -0.4 is 5.73 Å². The molecule has 0 unspecified atom stereocenters. The van der Waals surface area contributed by atoms with Crippen molar-refractivity contribution in [2.45, 2.75) is 19.8 Å². The molecule has 124 valence electrons. The third-order valence-corrected chi connectivity index (χ3v) is 2.62. The van der Waals surface area contributed by atoms with Gasteiger partial charge < -0.3 is 15.9 Å². The van der Waals surface area contributed by atoms with Crippen LogP contribution in [0.1, 0.15) is 19.8 Å². The van der Waals surface area contributed by atoms with Gasteiger partial charge >= 0.3 is 11.9 Å². The number of aliphatic carboxylic acids is 2. The molecule has 22 heavy (non-hydrogen) atoms. The largest absolute Gasteiger partial charge is 0.478 e. The fraction of sp³-hybridized carbons (Fsp3) is 0.375. The molecule has 0 aromatic rings. The van der Waals surface area contributed by atoms with E-state index in [1.807, 2.05) is 12.2 Å². The van der Waals surface area contributed by atoms with Gasteiger partial charge in [0.2, 0.25) is 0 Å². The lowest BCUT2D eigenvalue weighted by atomic mass is 10.1. The highest BCUT2D eigenvalue weighted by molar-refractivity contribution is 5.85. The molecule has 0 aromatic carbocycles. The monoisotopic (exact) mass is 310 g/mol. The maximum absolute atomic E-state index is 10.5. The van der Waals surface area contributed by atoms with Crippen molar-refractivity contribution in [2.75, 3.05) is 19.6 Å². The van der Waals surface area contributed by atoms with E-state index in [0.29, 0.717) is 6.42 Å². The molecule has 6 nitrogen and oxygen atoms in total. The van der Waals surface area contributed by atoms with E-state index in [1.165, 1.54) is 6.92 Å². The van der Waals surface area contributed by atoms with Crippen molar-refractivity contribution in [1.82, 2.24) is 4.90 Å². The number of carboxylic acid groups (broad SMARTS) is 2. The summed E-state index contributed by atoms with van der Waals surface area (Å²) in [5.41, 5.74) is 5.27. The van der Waals surface area contributed by atoms with Crippen LogP contribution in [-0.4, -0.2) is 46.7 Å². The van der Waals surface area contributed by atoms with E-state index in [2.05, 4.69) is 24.6 Å². The Bertz CT molecular complexity index is 418. The number of nitrogens with two attached hydrogens (primary N) is 1. The second kappa shape index (κ2) is 13.6. The average molecular weight is 310 g/mol. The molecule has 0 amide bonds. The minimum absolute atomic E-state index is 0.167. The number of carboxylic acids is 2. The van der Waals surface area contributed by atoms with Crippen LogP contribution in [0.2, 0.25) is 0 Å². The molecular weight excluding hydrogens is 284 g/mol. The molecule has 0 aliphatic rings. The summed E-state index contributed by atoms with van der Waals surface area (Å²) >= 11 is 0. The van der Waals surface area contributed by atoms with Gasteiger partial charge in [0.15, 0.2) is 0 Å². The zero-order valence-corrected chi connectivity index (χ0v) is 13.1. The van der Waals surface area contributed by atoms with Crippen LogP contribution in [0.3, 0.4) is 0 Å². The van der Waals surface area contributed by atoms with Crippen molar-refractivity contribution >= 4 is 11.9 Å². The van der Waals surface area contributed by atoms with Crippen molar-refractivity contribution in [3.8, 4) is 0 Å². The number of nitrogens with zero attached hydrogens (tertiary/aromatic N) is 1. The van der Waals surface area contributed by atoms with Crippen molar-refractivity contribution in [3.63, 3.8) is 0 Å². The molecule has 4 N–H and O–H groups in total. The second-order valence-corrected chi connectivity index (χ2v) is 4.50. The Labute approximate surface area is 131 Å². The standard InChI is InChI=1S/C12H19NO2.C4H7NO2/c1-4-8-13(9-5-2)10-6-7-11(3)12(14)15;1-3(2-5)4(6)7/h4-5H,1-3,6-10H2,(H,14,15);2H,5H2,1H3,(H,6,7). The van der Waals surface area contributed by atoms with Gasteiger partial charge in [0.1, 0.15) is 0 Å². The molecule has 0 aliphatic carbocycles. The summed E-state index contributed by atoms with van der Waals surface area (Å²) in [4.78, 5) is 22.4. The molecule has 0 aliphatic heterocycles. The molecule has 0 spiro atoms. The Morgan fingerprint density at radius 3 is 1.91 bits per heavy atom. The predicted octanol–water partition coefficient (Wildman–Crippen LogP) is 2.01. The van der Waals surface area contributed by atoms with Crippen LogP contribution in [0, 0.1) is 0 Å². The lowest BCUT2D eigenvalue weighted by molar-refractivity contribution is -0.133. The van der Waals surface area contributed by atoms with Crippen LogP contribution >= 0.6 is 0 Å². The summed E-state index contributed by atoms with van der Waals surface area (Å²) in [5, 5.41) is 16.6. The lowest BCUT2D eigenvalue weighted by Crippen LogP contribution is -2.25. The van der Waals surface area contributed by atoms with Gasteiger partial charge in [0.05, 0.1) is 0 Å². The summed E-state index contributed by atoms with van der Waals surface area (Å²) in [5.74, 6) is -1.88. The van der Waals surface area contributed by atoms with Gasteiger partial charge in [0, 0.05) is 30.4 Å². The molecular formula is C16H26N2O4. The number of hydrogen-bond acceptors (Lipinski definition) is 4. The first-order valence-corrected chi connectivity index (χ1v) is 6.77. The molecule has 0 rings (SSSR count). The molecule has 0 atom stereocenters. The summed E-state index contributed by atoms with van der Waals surface area (Å²) in [7, 11) is 0. The maximum atomic E-state index is 10.5. The molecule has 0 bridgehead atoms. The van der Waals surface area contributed by atoms with Crippen molar-refractivity contribution in [2.24, 2.45) is 5.73 Å². The number of rotatable bonds is 10. The van der Waals surface area contributed by atoms with Crippen molar-refractivity contribution in [3.05, 3.63) is 49.2 Å². The third kappa shape index (κ3) is 12.7. The van der Waals surface area contributed by atoms with Gasteiger partial charge in [-0.15, -0.1) is 13.2 Å². The first-order valence-electron chi connectivity index (χ1n) is 6.77. The topological polar surface area (TPSA) is 104 Å². The van der Waals surface area contributed by atoms with E-state index < -0.39 is 11.9 Å². The van der Waals surface area contributed by atoms with Gasteiger partial charge in [-0.25, -0.2) is 9.59 Å². The minimum Gasteiger partial charge on any atom is -0.478 e. The molecule has 0 heterocycles. The normalized spacial score (nSPS) is 10.4. The average Bonchev–Trinajstić information content (AvgIpc) is 2.47. The Morgan fingerprint density at radius 2 is 1.64 bits per heavy atom. The molecule has 6 heteroatoms. The lowest BCUT2D eigenvalue weighted by Gasteiger charge is -2.18. The van der Waals surface area contributed by atoms with Crippen molar-refractivity contribution in [1.29, 1.82) is 0 Å². The molecule has 0 fully saturated rings.